The first-order valence-electron chi connectivity index (χ1n) is 11.5. The molecule has 5 atom stereocenters. The van der Waals surface area contributed by atoms with Gasteiger partial charge in [-0.15, -0.1) is 0 Å². The second-order valence-electron chi connectivity index (χ2n) is 8.60. The Morgan fingerprint density at radius 3 is 2.50 bits per heavy atom. The van der Waals surface area contributed by atoms with Gasteiger partial charge in [-0.05, 0) is 51.4 Å². The van der Waals surface area contributed by atoms with Crippen molar-refractivity contribution in [2.75, 3.05) is 6.54 Å². The molecule has 2 heterocycles. The maximum atomic E-state index is 12.4. The number of amides is 2. The largest absolute Gasteiger partial charge is 0.481 e. The molecule has 2 rings (SSSR count). The maximum Gasteiger partial charge on any atom is 0.303 e. The highest BCUT2D eigenvalue weighted by molar-refractivity contribution is 5.87. The van der Waals surface area contributed by atoms with E-state index in [1.165, 1.54) is 0 Å². The maximum absolute atomic E-state index is 12.4. The van der Waals surface area contributed by atoms with Gasteiger partial charge in [-0.3, -0.25) is 14.4 Å². The molecule has 2 aliphatic heterocycles. The Bertz CT molecular complexity index is 606. The van der Waals surface area contributed by atoms with Crippen molar-refractivity contribution >= 4 is 17.8 Å². The summed E-state index contributed by atoms with van der Waals surface area (Å²) in [7, 11) is 0. The topological polar surface area (TPSA) is 105 Å². The van der Waals surface area contributed by atoms with Crippen molar-refractivity contribution in [1.82, 2.24) is 10.6 Å². The van der Waals surface area contributed by atoms with Crippen LogP contribution in [-0.2, 0) is 19.1 Å². The molecule has 0 aliphatic carbocycles. The average Bonchev–Trinajstić information content (AvgIpc) is 3.30. The Morgan fingerprint density at radius 2 is 1.80 bits per heavy atom. The number of carbonyl (C=O) groups excluding carboxylic acids is 2. The van der Waals surface area contributed by atoms with Crippen molar-refractivity contribution in [3.8, 4) is 0 Å². The minimum Gasteiger partial charge on any atom is -0.481 e. The molecule has 2 saturated heterocycles. The summed E-state index contributed by atoms with van der Waals surface area (Å²) >= 11 is 0. The van der Waals surface area contributed by atoms with Gasteiger partial charge in [0.25, 0.3) is 0 Å². The molecule has 2 fully saturated rings. The number of ether oxygens (including phenoxy) is 1. The summed E-state index contributed by atoms with van der Waals surface area (Å²) in [5.41, 5.74) is 0. The smallest absolute Gasteiger partial charge is 0.303 e. The lowest BCUT2D eigenvalue weighted by molar-refractivity contribution is -0.137. The van der Waals surface area contributed by atoms with Crippen LogP contribution in [0.3, 0.4) is 0 Å². The van der Waals surface area contributed by atoms with Gasteiger partial charge in [-0.2, -0.15) is 0 Å². The van der Waals surface area contributed by atoms with E-state index in [9.17, 15) is 14.4 Å². The molecule has 0 spiro atoms. The van der Waals surface area contributed by atoms with Crippen LogP contribution in [-0.4, -0.2) is 47.7 Å². The zero-order chi connectivity index (χ0) is 21.9. The van der Waals surface area contributed by atoms with Crippen LogP contribution in [0.15, 0.2) is 12.2 Å². The number of carboxylic acids is 1. The van der Waals surface area contributed by atoms with Gasteiger partial charge >= 0.3 is 5.97 Å². The number of allylic oxidation sites excluding steroid dienone is 2. The highest BCUT2D eigenvalue weighted by Gasteiger charge is 2.48. The lowest BCUT2D eigenvalue weighted by atomic mass is 9.77. The fraction of sp³-hybridized carbons (Fsp3) is 0.783. The van der Waals surface area contributed by atoms with Crippen molar-refractivity contribution in [1.29, 1.82) is 0 Å². The molecule has 0 radical (unpaired) electrons. The van der Waals surface area contributed by atoms with E-state index in [0.717, 1.165) is 44.9 Å². The number of fused-ring (bicyclic) bond motifs is 2. The Hall–Kier alpha value is -1.89. The summed E-state index contributed by atoms with van der Waals surface area (Å²) in [5.74, 6) is -0.320. The standard InChI is InChI=1S/C23H38N2O5/c1-3-4-7-11-21(26)25-16(2)23(29)24-15-18-17(19-13-14-20(18)30-19)10-8-5-6-9-12-22(27)28/h5,8,16-20H,3-4,6-7,9-15H2,1-2H3,(H,24,29)(H,25,26)(H,27,28)/b8-5-/t16-,17-,18?,19+,20-/m1/s1. The van der Waals surface area contributed by atoms with Crippen LogP contribution in [0.5, 0.6) is 0 Å². The summed E-state index contributed by atoms with van der Waals surface area (Å²) in [6.07, 6.45) is 12.6. The van der Waals surface area contributed by atoms with Crippen molar-refractivity contribution in [2.24, 2.45) is 11.8 Å². The first-order valence-corrected chi connectivity index (χ1v) is 11.5. The van der Waals surface area contributed by atoms with Crippen LogP contribution < -0.4 is 10.6 Å². The number of carbonyl (C=O) groups is 3. The molecule has 7 nitrogen and oxygen atoms in total. The SMILES string of the molecule is CCCCCC(=O)N[C@H](C)C(=O)NCC1[C@@H](C/C=C\CCCC(=O)O)[C@@H]2CC[C@H]1O2. The fourth-order valence-corrected chi connectivity index (χ4v) is 4.51. The van der Waals surface area contributed by atoms with Crippen LogP contribution in [0.25, 0.3) is 0 Å². The Morgan fingerprint density at radius 1 is 1.07 bits per heavy atom. The number of aliphatic carboxylic acids is 1. The van der Waals surface area contributed by atoms with Crippen LogP contribution in [0, 0.1) is 11.8 Å². The minimum absolute atomic E-state index is 0.0692. The molecule has 0 aromatic rings. The van der Waals surface area contributed by atoms with Crippen LogP contribution in [0.1, 0.15) is 78.1 Å². The molecule has 0 aromatic carbocycles. The fourth-order valence-electron chi connectivity index (χ4n) is 4.51. The normalized spacial score (nSPS) is 26.1. The lowest BCUT2D eigenvalue weighted by Crippen LogP contribution is -2.47. The predicted molar refractivity (Wildman–Crippen MR) is 115 cm³/mol. The highest BCUT2D eigenvalue weighted by atomic mass is 16.5. The molecule has 170 valence electrons. The van der Waals surface area contributed by atoms with Crippen molar-refractivity contribution < 1.29 is 24.2 Å². The Kier molecular flexibility index (Phi) is 10.3. The third-order valence-corrected chi connectivity index (χ3v) is 6.22. The van der Waals surface area contributed by atoms with E-state index in [4.69, 9.17) is 9.84 Å². The number of unbranched alkanes of at least 4 members (excludes halogenated alkanes) is 3. The summed E-state index contributed by atoms with van der Waals surface area (Å²) in [6, 6.07) is -0.536. The summed E-state index contributed by atoms with van der Waals surface area (Å²) in [5, 5.41) is 14.5. The summed E-state index contributed by atoms with van der Waals surface area (Å²) in [4.78, 5) is 34.9. The summed E-state index contributed by atoms with van der Waals surface area (Å²) in [6.45, 7) is 4.38. The van der Waals surface area contributed by atoms with Crippen LogP contribution >= 0.6 is 0 Å². The number of hydrogen-bond donors (Lipinski definition) is 3. The predicted octanol–water partition coefficient (Wildman–Crippen LogP) is 3.18. The average molecular weight is 423 g/mol. The molecule has 2 amide bonds. The molecule has 1 unspecified atom stereocenters. The van der Waals surface area contributed by atoms with Gasteiger partial charge < -0.3 is 20.5 Å². The van der Waals surface area contributed by atoms with Crippen LogP contribution in [0.4, 0.5) is 0 Å². The third-order valence-electron chi connectivity index (χ3n) is 6.22. The monoisotopic (exact) mass is 422 g/mol. The first kappa shape index (κ1) is 24.4. The second-order valence-corrected chi connectivity index (χ2v) is 8.60. The van der Waals surface area contributed by atoms with Gasteiger partial charge in [-0.1, -0.05) is 31.9 Å². The molecule has 0 saturated carbocycles. The van der Waals surface area contributed by atoms with E-state index in [2.05, 4.69) is 29.7 Å². The minimum atomic E-state index is -0.757. The molecular weight excluding hydrogens is 384 g/mol. The molecule has 2 bridgehead atoms. The van der Waals surface area contributed by atoms with E-state index < -0.39 is 12.0 Å². The van der Waals surface area contributed by atoms with Gasteiger partial charge in [0.1, 0.15) is 6.04 Å². The zero-order valence-electron chi connectivity index (χ0n) is 18.4. The van der Waals surface area contributed by atoms with Gasteiger partial charge in [0.15, 0.2) is 0 Å². The Balaban J connectivity index is 1.74. The van der Waals surface area contributed by atoms with E-state index in [1.54, 1.807) is 6.92 Å². The zero-order valence-corrected chi connectivity index (χ0v) is 18.4. The molecule has 7 heteroatoms. The molecule has 30 heavy (non-hydrogen) atoms. The van der Waals surface area contributed by atoms with E-state index >= 15 is 0 Å². The van der Waals surface area contributed by atoms with Crippen molar-refractivity contribution in [2.45, 2.75) is 96.3 Å². The van der Waals surface area contributed by atoms with Gasteiger partial charge in [0.2, 0.25) is 11.8 Å². The van der Waals surface area contributed by atoms with Crippen molar-refractivity contribution in [3.63, 3.8) is 0 Å². The highest BCUT2D eigenvalue weighted by Crippen LogP contribution is 2.44. The van der Waals surface area contributed by atoms with Gasteiger partial charge in [0, 0.05) is 25.3 Å². The number of hydrogen-bond acceptors (Lipinski definition) is 4. The van der Waals surface area contributed by atoms with E-state index in [-0.39, 0.29) is 36.4 Å². The molecule has 3 N–H and O–H groups in total. The molecular formula is C23H38N2O5. The van der Waals surface area contributed by atoms with E-state index in [0.29, 0.717) is 25.3 Å². The van der Waals surface area contributed by atoms with E-state index in [1.807, 2.05) is 0 Å². The number of rotatable bonds is 14. The summed E-state index contributed by atoms with van der Waals surface area (Å²) < 4.78 is 6.09. The second kappa shape index (κ2) is 12.7. The molecule has 2 aliphatic rings. The molecule has 0 aromatic heterocycles. The number of nitrogens with one attached hydrogen (secondary N) is 2. The van der Waals surface area contributed by atoms with Gasteiger partial charge in [0.05, 0.1) is 12.2 Å². The number of carboxylic acid groups (broad SMARTS) is 1. The Labute approximate surface area is 180 Å². The quantitative estimate of drug-likeness (QED) is 0.295. The third kappa shape index (κ3) is 7.74. The lowest BCUT2D eigenvalue weighted by Gasteiger charge is -2.28. The van der Waals surface area contributed by atoms with Crippen LogP contribution in [0.2, 0.25) is 0 Å². The first-order chi connectivity index (χ1) is 14.4. The van der Waals surface area contributed by atoms with Crippen molar-refractivity contribution in [3.05, 3.63) is 12.2 Å². The van der Waals surface area contributed by atoms with Gasteiger partial charge in [-0.25, -0.2) is 0 Å².